The van der Waals surface area contributed by atoms with Crippen LogP contribution in [0.15, 0.2) is 48.7 Å². The summed E-state index contributed by atoms with van der Waals surface area (Å²) >= 11 is 0. The quantitative estimate of drug-likeness (QED) is 0.511. The second kappa shape index (κ2) is 5.80. The molecule has 1 N–H and O–H groups in total. The fourth-order valence-corrected chi connectivity index (χ4v) is 2.06. The molecule has 0 unspecified atom stereocenters. The van der Waals surface area contributed by atoms with E-state index in [-0.39, 0.29) is 17.5 Å². The van der Waals surface area contributed by atoms with Crippen molar-refractivity contribution in [1.82, 2.24) is 4.90 Å². The number of amides is 2. The first-order chi connectivity index (χ1) is 10.3. The Labute approximate surface area is 127 Å². The van der Waals surface area contributed by atoms with Gasteiger partial charge in [-0.15, -0.1) is 0 Å². The summed E-state index contributed by atoms with van der Waals surface area (Å²) in [5.41, 5.74) is -0.116. The van der Waals surface area contributed by atoms with Gasteiger partial charge in [-0.25, -0.2) is 0 Å². The molecule has 2 amide bonds. The van der Waals surface area contributed by atoms with Gasteiger partial charge >= 0.3 is 0 Å². The van der Waals surface area contributed by atoms with Crippen molar-refractivity contribution in [2.24, 2.45) is 0 Å². The number of anilines is 1. The highest BCUT2D eigenvalue weighted by Crippen LogP contribution is 2.21. The van der Waals surface area contributed by atoms with Gasteiger partial charge in [0.1, 0.15) is 0 Å². The Bertz CT molecular complexity index is 657. The van der Waals surface area contributed by atoms with E-state index in [0.29, 0.717) is 5.69 Å². The van der Waals surface area contributed by atoms with Gasteiger partial charge in [0.25, 0.3) is 17.5 Å². The topological polar surface area (TPSA) is 92.6 Å². The van der Waals surface area contributed by atoms with Crippen molar-refractivity contribution in [2.45, 2.75) is 19.4 Å². The molecular formula is C15H15N3O4. The summed E-state index contributed by atoms with van der Waals surface area (Å²) in [6, 6.07) is 5.92. The molecule has 0 spiro atoms. The number of non-ortho nitro benzene ring substituents is 1. The minimum atomic E-state index is -0.786. The molecule has 1 aliphatic rings. The third kappa shape index (κ3) is 3.20. The summed E-state index contributed by atoms with van der Waals surface area (Å²) in [6.07, 6.45) is 5.75. The van der Waals surface area contributed by atoms with Gasteiger partial charge in [-0.2, -0.15) is 0 Å². The van der Waals surface area contributed by atoms with Gasteiger partial charge in [0.05, 0.1) is 10.5 Å². The van der Waals surface area contributed by atoms with E-state index in [1.54, 1.807) is 38.3 Å². The van der Waals surface area contributed by atoms with Crippen molar-refractivity contribution in [1.29, 1.82) is 0 Å². The molecule has 0 aliphatic carbocycles. The van der Waals surface area contributed by atoms with Crippen molar-refractivity contribution in [3.05, 3.63) is 58.8 Å². The molecule has 0 saturated heterocycles. The summed E-state index contributed by atoms with van der Waals surface area (Å²) in [5, 5.41) is 13.5. The molecule has 114 valence electrons. The van der Waals surface area contributed by atoms with Gasteiger partial charge in [-0.05, 0) is 38.3 Å². The highest BCUT2D eigenvalue weighted by molar-refractivity contribution is 6.13. The highest BCUT2D eigenvalue weighted by Gasteiger charge is 2.35. The first-order valence-corrected chi connectivity index (χ1v) is 6.56. The predicted octanol–water partition coefficient (Wildman–Crippen LogP) is 2.22. The summed E-state index contributed by atoms with van der Waals surface area (Å²) in [5.74, 6) is -0.704. The van der Waals surface area contributed by atoms with Crippen LogP contribution < -0.4 is 5.32 Å². The number of carbonyl (C=O) groups is 2. The number of nitro benzene ring substituents is 1. The van der Waals surface area contributed by atoms with E-state index in [2.05, 4.69) is 5.32 Å². The highest BCUT2D eigenvalue weighted by atomic mass is 16.6. The van der Waals surface area contributed by atoms with Crippen LogP contribution in [0.25, 0.3) is 0 Å². The molecule has 22 heavy (non-hydrogen) atoms. The van der Waals surface area contributed by atoms with E-state index in [4.69, 9.17) is 0 Å². The van der Waals surface area contributed by atoms with Crippen LogP contribution in [0.1, 0.15) is 13.8 Å². The largest absolute Gasteiger partial charge is 0.362 e. The van der Waals surface area contributed by atoms with Crippen LogP contribution in [-0.2, 0) is 9.59 Å². The lowest BCUT2D eigenvalue weighted by Gasteiger charge is -2.30. The van der Waals surface area contributed by atoms with Gasteiger partial charge in [-0.3, -0.25) is 24.6 Å². The van der Waals surface area contributed by atoms with Crippen LogP contribution in [0.4, 0.5) is 11.4 Å². The fourth-order valence-electron chi connectivity index (χ4n) is 2.06. The number of rotatable bonds is 5. The average molecular weight is 301 g/mol. The summed E-state index contributed by atoms with van der Waals surface area (Å²) in [4.78, 5) is 34.6. The molecule has 2 rings (SSSR count). The maximum absolute atomic E-state index is 11.7. The zero-order chi connectivity index (χ0) is 16.3. The van der Waals surface area contributed by atoms with E-state index in [0.717, 1.165) is 4.90 Å². The maximum atomic E-state index is 11.7. The number of imide groups is 1. The third-order valence-electron chi connectivity index (χ3n) is 3.20. The second-order valence-corrected chi connectivity index (χ2v) is 5.28. The van der Waals surface area contributed by atoms with Crippen molar-refractivity contribution >= 4 is 23.2 Å². The van der Waals surface area contributed by atoms with Gasteiger partial charge in [-0.1, -0.05) is 0 Å². The SMILES string of the molecule is CC(C)(C=CNc1ccc([N+](=O)[O-])cc1)N1C(=O)C=CC1=O. The van der Waals surface area contributed by atoms with Gasteiger partial charge in [0, 0.05) is 30.0 Å². The molecule has 7 nitrogen and oxygen atoms in total. The maximum Gasteiger partial charge on any atom is 0.269 e. The molecule has 1 aliphatic heterocycles. The van der Waals surface area contributed by atoms with Crippen LogP contribution in [0.3, 0.4) is 0 Å². The predicted molar refractivity (Wildman–Crippen MR) is 80.9 cm³/mol. The Kier molecular flexibility index (Phi) is 4.07. The second-order valence-electron chi connectivity index (χ2n) is 5.28. The molecule has 7 heteroatoms. The van der Waals surface area contributed by atoms with Crippen molar-refractivity contribution in [2.75, 3.05) is 5.32 Å². The Balaban J connectivity index is 2.03. The van der Waals surface area contributed by atoms with Crippen LogP contribution in [-0.4, -0.2) is 27.2 Å². The standard InChI is InChI=1S/C15H15N3O4/c1-15(2,17-13(19)7-8-14(17)20)9-10-16-11-3-5-12(6-4-11)18(21)22/h3-10,16H,1-2H3. The lowest BCUT2D eigenvalue weighted by Crippen LogP contribution is -2.46. The normalized spacial score (nSPS) is 14.9. The van der Waals surface area contributed by atoms with Crippen LogP contribution in [0.2, 0.25) is 0 Å². The minimum Gasteiger partial charge on any atom is -0.362 e. The molecule has 1 aromatic carbocycles. The Hall–Kier alpha value is -2.96. The van der Waals surface area contributed by atoms with E-state index in [9.17, 15) is 19.7 Å². The molecule has 0 aromatic heterocycles. The Morgan fingerprint density at radius 3 is 2.18 bits per heavy atom. The number of benzene rings is 1. The Morgan fingerprint density at radius 2 is 1.68 bits per heavy atom. The average Bonchev–Trinajstić information content (AvgIpc) is 2.79. The van der Waals surface area contributed by atoms with Crippen LogP contribution >= 0.6 is 0 Å². The lowest BCUT2D eigenvalue weighted by atomic mass is 10.0. The number of nitro groups is 1. The summed E-state index contributed by atoms with van der Waals surface area (Å²) < 4.78 is 0. The zero-order valence-electron chi connectivity index (χ0n) is 12.1. The smallest absolute Gasteiger partial charge is 0.269 e. The number of hydrogen-bond acceptors (Lipinski definition) is 5. The monoisotopic (exact) mass is 301 g/mol. The molecule has 1 aromatic rings. The first kappa shape index (κ1) is 15.4. The van der Waals surface area contributed by atoms with E-state index in [1.165, 1.54) is 24.3 Å². The molecule has 0 radical (unpaired) electrons. The van der Waals surface area contributed by atoms with Gasteiger partial charge in [0.15, 0.2) is 0 Å². The van der Waals surface area contributed by atoms with Crippen LogP contribution in [0.5, 0.6) is 0 Å². The third-order valence-corrected chi connectivity index (χ3v) is 3.20. The molecule has 0 bridgehead atoms. The van der Waals surface area contributed by atoms with Gasteiger partial charge < -0.3 is 5.32 Å². The molecule has 0 atom stereocenters. The number of nitrogens with zero attached hydrogens (tertiary/aromatic N) is 2. The van der Waals surface area contributed by atoms with Crippen molar-refractivity contribution in [3.63, 3.8) is 0 Å². The molecule has 1 heterocycles. The number of carbonyl (C=O) groups excluding carboxylic acids is 2. The Morgan fingerprint density at radius 1 is 1.14 bits per heavy atom. The van der Waals surface area contributed by atoms with E-state index >= 15 is 0 Å². The number of hydrogen-bond donors (Lipinski definition) is 1. The molecule has 0 fully saturated rings. The summed E-state index contributed by atoms with van der Waals surface area (Å²) in [6.45, 7) is 3.48. The molecule has 0 saturated carbocycles. The zero-order valence-corrected chi connectivity index (χ0v) is 12.1. The van der Waals surface area contributed by atoms with E-state index in [1.807, 2.05) is 0 Å². The first-order valence-electron chi connectivity index (χ1n) is 6.56. The van der Waals surface area contributed by atoms with Crippen LogP contribution in [0, 0.1) is 10.1 Å². The summed E-state index contributed by atoms with van der Waals surface area (Å²) in [7, 11) is 0. The fraction of sp³-hybridized carbons (Fsp3) is 0.200. The minimum absolute atomic E-state index is 0.00851. The molecular weight excluding hydrogens is 286 g/mol. The lowest BCUT2D eigenvalue weighted by molar-refractivity contribution is -0.384. The van der Waals surface area contributed by atoms with Crippen molar-refractivity contribution in [3.8, 4) is 0 Å². The van der Waals surface area contributed by atoms with Crippen molar-refractivity contribution < 1.29 is 14.5 Å². The van der Waals surface area contributed by atoms with E-state index < -0.39 is 10.5 Å². The number of nitrogens with one attached hydrogen (secondary N) is 1. The van der Waals surface area contributed by atoms with Gasteiger partial charge in [0.2, 0.25) is 0 Å².